The van der Waals surface area contributed by atoms with Crippen LogP contribution in [0.25, 0.3) is 0 Å². The summed E-state index contributed by atoms with van der Waals surface area (Å²) in [6.45, 7) is 0.725. The van der Waals surface area contributed by atoms with E-state index < -0.39 is 0 Å². The second-order valence-electron chi connectivity index (χ2n) is 3.50. The molecule has 0 saturated carbocycles. The zero-order valence-corrected chi connectivity index (χ0v) is 7.80. The molecule has 0 aromatic carbocycles. The van der Waals surface area contributed by atoms with Gasteiger partial charge in [-0.15, -0.1) is 0 Å². The van der Waals surface area contributed by atoms with Gasteiger partial charge >= 0.3 is 0 Å². The lowest BCUT2D eigenvalue weighted by Crippen LogP contribution is -2.13. The average molecular weight is 181 g/mol. The Hall–Kier alpha value is -0.870. The van der Waals surface area contributed by atoms with Gasteiger partial charge in [-0.25, -0.2) is 0 Å². The highest BCUT2D eigenvalue weighted by Gasteiger charge is 2.23. The largest absolute Gasteiger partial charge is 0.388 e. The van der Waals surface area contributed by atoms with Crippen molar-refractivity contribution in [1.29, 1.82) is 0 Å². The van der Waals surface area contributed by atoms with Gasteiger partial charge in [-0.2, -0.15) is 5.10 Å². The number of rotatable bonds is 2. The van der Waals surface area contributed by atoms with E-state index in [1.165, 1.54) is 0 Å². The molecule has 3 N–H and O–H groups in total. The van der Waals surface area contributed by atoms with Crippen molar-refractivity contribution >= 4 is 0 Å². The van der Waals surface area contributed by atoms with Gasteiger partial charge in [0.05, 0.1) is 11.8 Å². The summed E-state index contributed by atoms with van der Waals surface area (Å²) in [6, 6.07) is 0. The number of aliphatic hydroxyl groups is 1. The van der Waals surface area contributed by atoms with Crippen LogP contribution in [0.5, 0.6) is 0 Å². The first-order valence-electron chi connectivity index (χ1n) is 4.71. The maximum Gasteiger partial charge on any atom is 0.0826 e. The van der Waals surface area contributed by atoms with Gasteiger partial charge in [0.25, 0.3) is 0 Å². The number of fused-ring (bicyclic) bond motifs is 1. The number of hydrogen-bond donors (Lipinski definition) is 3. The summed E-state index contributed by atoms with van der Waals surface area (Å²) in [5.74, 6) is 0. The lowest BCUT2D eigenvalue weighted by Gasteiger charge is -2.17. The number of aryl methyl sites for hydroxylation is 1. The number of aromatic amines is 1. The molecular formula is C9H15N3O. The van der Waals surface area contributed by atoms with Crippen LogP contribution in [-0.4, -0.2) is 22.4 Å². The third-order valence-electron chi connectivity index (χ3n) is 2.54. The molecule has 4 heteroatoms. The average Bonchev–Trinajstić information content (AvgIpc) is 2.51. The van der Waals surface area contributed by atoms with Gasteiger partial charge in [0.2, 0.25) is 0 Å². The van der Waals surface area contributed by atoms with E-state index in [0.717, 1.165) is 42.8 Å². The second kappa shape index (κ2) is 3.47. The van der Waals surface area contributed by atoms with E-state index in [-0.39, 0.29) is 6.10 Å². The number of nitrogens with one attached hydrogen (secondary N) is 2. The minimum atomic E-state index is -0.314. The topological polar surface area (TPSA) is 60.9 Å². The van der Waals surface area contributed by atoms with Crippen LogP contribution in [-0.2, 0) is 13.0 Å². The summed E-state index contributed by atoms with van der Waals surface area (Å²) in [4.78, 5) is 0. The number of nitrogens with zero attached hydrogens (tertiary/aromatic N) is 1. The summed E-state index contributed by atoms with van der Waals surface area (Å²) in [6.07, 6.45) is 2.62. The van der Waals surface area contributed by atoms with Crippen LogP contribution < -0.4 is 5.32 Å². The van der Waals surface area contributed by atoms with Crippen molar-refractivity contribution in [1.82, 2.24) is 15.5 Å². The third-order valence-corrected chi connectivity index (χ3v) is 2.54. The van der Waals surface area contributed by atoms with E-state index in [2.05, 4.69) is 15.5 Å². The van der Waals surface area contributed by atoms with Crippen molar-refractivity contribution in [3.8, 4) is 0 Å². The molecule has 1 heterocycles. The van der Waals surface area contributed by atoms with Crippen molar-refractivity contribution in [2.24, 2.45) is 0 Å². The maximum atomic E-state index is 9.77. The molecule has 0 saturated heterocycles. The molecule has 2 rings (SSSR count). The summed E-state index contributed by atoms with van der Waals surface area (Å²) in [7, 11) is 1.89. The van der Waals surface area contributed by atoms with Crippen LogP contribution in [0.15, 0.2) is 0 Å². The van der Waals surface area contributed by atoms with Gasteiger partial charge in [-0.1, -0.05) is 0 Å². The van der Waals surface area contributed by atoms with E-state index in [0.29, 0.717) is 0 Å². The first-order valence-corrected chi connectivity index (χ1v) is 4.71. The van der Waals surface area contributed by atoms with E-state index in [4.69, 9.17) is 0 Å². The van der Waals surface area contributed by atoms with E-state index >= 15 is 0 Å². The molecule has 1 unspecified atom stereocenters. The molecule has 1 atom stereocenters. The van der Waals surface area contributed by atoms with Crippen molar-refractivity contribution in [3.63, 3.8) is 0 Å². The van der Waals surface area contributed by atoms with Gasteiger partial charge in [0.1, 0.15) is 0 Å². The van der Waals surface area contributed by atoms with Crippen LogP contribution in [0, 0.1) is 0 Å². The van der Waals surface area contributed by atoms with E-state index in [1.54, 1.807) is 0 Å². The van der Waals surface area contributed by atoms with Gasteiger partial charge in [-0.05, 0) is 26.3 Å². The Morgan fingerprint density at radius 2 is 2.54 bits per heavy atom. The van der Waals surface area contributed by atoms with Gasteiger partial charge in [-0.3, -0.25) is 5.10 Å². The van der Waals surface area contributed by atoms with Crippen molar-refractivity contribution in [2.45, 2.75) is 31.9 Å². The predicted octanol–water partition coefficient (Wildman–Crippen LogP) is 0.499. The van der Waals surface area contributed by atoms with Gasteiger partial charge in [0.15, 0.2) is 0 Å². The molecule has 0 fully saturated rings. The molecule has 1 aliphatic carbocycles. The molecule has 0 spiro atoms. The second-order valence-corrected chi connectivity index (χ2v) is 3.50. The van der Waals surface area contributed by atoms with Crippen LogP contribution in [0.4, 0.5) is 0 Å². The first-order chi connectivity index (χ1) is 6.33. The molecule has 1 aromatic rings. The molecule has 0 amide bonds. The fraction of sp³-hybridized carbons (Fsp3) is 0.667. The van der Waals surface area contributed by atoms with Gasteiger partial charge in [0, 0.05) is 17.8 Å². The fourth-order valence-electron chi connectivity index (χ4n) is 1.93. The normalized spacial score (nSPS) is 21.5. The summed E-state index contributed by atoms with van der Waals surface area (Å²) in [5, 5.41) is 20.0. The molecule has 0 radical (unpaired) electrons. The summed E-state index contributed by atoms with van der Waals surface area (Å²) in [5.41, 5.74) is 3.11. The fourth-order valence-corrected chi connectivity index (χ4v) is 1.93. The molecule has 0 aliphatic heterocycles. The Balaban J connectivity index is 2.32. The zero-order valence-electron chi connectivity index (χ0n) is 7.80. The van der Waals surface area contributed by atoms with E-state index in [1.807, 2.05) is 7.05 Å². The number of hydrogen-bond acceptors (Lipinski definition) is 3. The number of aliphatic hydroxyl groups excluding tert-OH is 1. The van der Waals surface area contributed by atoms with Crippen LogP contribution in [0.3, 0.4) is 0 Å². The van der Waals surface area contributed by atoms with Crippen molar-refractivity contribution in [3.05, 3.63) is 17.0 Å². The highest BCUT2D eigenvalue weighted by Crippen LogP contribution is 2.30. The Morgan fingerprint density at radius 3 is 3.31 bits per heavy atom. The van der Waals surface area contributed by atoms with Crippen molar-refractivity contribution < 1.29 is 5.11 Å². The van der Waals surface area contributed by atoms with E-state index in [9.17, 15) is 5.11 Å². The van der Waals surface area contributed by atoms with Gasteiger partial charge < -0.3 is 10.4 Å². The van der Waals surface area contributed by atoms with Crippen LogP contribution in [0.2, 0.25) is 0 Å². The maximum absolute atomic E-state index is 9.77. The highest BCUT2D eigenvalue weighted by atomic mass is 16.3. The Labute approximate surface area is 77.4 Å². The molecule has 4 nitrogen and oxygen atoms in total. The number of H-pyrrole nitrogens is 1. The summed E-state index contributed by atoms with van der Waals surface area (Å²) >= 11 is 0. The minimum absolute atomic E-state index is 0.314. The number of aromatic nitrogens is 2. The lowest BCUT2D eigenvalue weighted by molar-refractivity contribution is 0.155. The monoisotopic (exact) mass is 181 g/mol. The lowest BCUT2D eigenvalue weighted by atomic mass is 9.93. The molecule has 1 aliphatic rings. The minimum Gasteiger partial charge on any atom is -0.388 e. The Bertz CT molecular complexity index is 295. The molecule has 13 heavy (non-hydrogen) atoms. The predicted molar refractivity (Wildman–Crippen MR) is 49.2 cm³/mol. The van der Waals surface area contributed by atoms with Crippen LogP contribution in [0.1, 0.15) is 35.9 Å². The smallest absolute Gasteiger partial charge is 0.0826 e. The SMILES string of the molecule is CNCc1n[nH]c2c1C(O)CCC2. The highest BCUT2D eigenvalue weighted by molar-refractivity contribution is 5.29. The third kappa shape index (κ3) is 1.47. The Kier molecular flexibility index (Phi) is 2.33. The molecule has 0 bridgehead atoms. The van der Waals surface area contributed by atoms with Crippen LogP contribution >= 0.6 is 0 Å². The standard InChI is InChI=1S/C9H15N3O/c1-10-5-7-9-6(11-12-7)3-2-4-8(9)13/h8,10,13H,2-5H2,1H3,(H,11,12). The zero-order chi connectivity index (χ0) is 9.26. The van der Waals surface area contributed by atoms with Crippen molar-refractivity contribution in [2.75, 3.05) is 7.05 Å². The molecule has 72 valence electrons. The first kappa shape index (κ1) is 8.72. The molecular weight excluding hydrogens is 166 g/mol. The molecule has 1 aromatic heterocycles. The quantitative estimate of drug-likeness (QED) is 0.622. The Morgan fingerprint density at radius 1 is 1.69 bits per heavy atom. The summed E-state index contributed by atoms with van der Waals surface area (Å²) < 4.78 is 0.